The molecule has 5 nitrogen and oxygen atoms in total. The Hall–Kier alpha value is -0.750. The number of ether oxygens (including phenoxy) is 1. The van der Waals surface area contributed by atoms with Gasteiger partial charge in [0.25, 0.3) is 0 Å². The maximum atomic E-state index is 5.43. The highest BCUT2D eigenvalue weighted by Crippen LogP contribution is 2.28. The maximum Gasteiger partial charge on any atom is 0.228 e. The van der Waals surface area contributed by atoms with E-state index >= 15 is 0 Å². The van der Waals surface area contributed by atoms with Crippen LogP contribution >= 0.6 is 11.8 Å². The van der Waals surface area contributed by atoms with Crippen molar-refractivity contribution in [3.05, 3.63) is 0 Å². The minimum Gasteiger partial charge on any atom is -0.378 e. The molecule has 1 aliphatic heterocycles. The van der Waals surface area contributed by atoms with Crippen LogP contribution in [0.15, 0.2) is 5.16 Å². The summed E-state index contributed by atoms with van der Waals surface area (Å²) in [5, 5.41) is 10.5. The van der Waals surface area contributed by atoms with Crippen LogP contribution in [0.5, 0.6) is 0 Å². The number of hydrogen-bond acceptors (Lipinski definition) is 5. The zero-order valence-electron chi connectivity index (χ0n) is 13.0. The number of anilines is 1. The predicted octanol–water partition coefficient (Wildman–Crippen LogP) is 2.66. The van der Waals surface area contributed by atoms with E-state index in [4.69, 9.17) is 4.74 Å². The Balaban J connectivity index is 2.21. The van der Waals surface area contributed by atoms with Crippen molar-refractivity contribution in [2.24, 2.45) is 5.92 Å². The van der Waals surface area contributed by atoms with Crippen molar-refractivity contribution in [1.29, 1.82) is 0 Å². The first-order valence-corrected chi connectivity index (χ1v) is 8.42. The first-order valence-electron chi connectivity index (χ1n) is 7.54. The van der Waals surface area contributed by atoms with Gasteiger partial charge in [-0.05, 0) is 12.3 Å². The molecule has 6 heteroatoms. The molecule has 114 valence electrons. The fourth-order valence-corrected chi connectivity index (χ4v) is 3.05. The largest absolute Gasteiger partial charge is 0.378 e. The van der Waals surface area contributed by atoms with Crippen molar-refractivity contribution in [1.82, 2.24) is 14.8 Å². The third kappa shape index (κ3) is 3.88. The Morgan fingerprint density at radius 2 is 1.90 bits per heavy atom. The molecule has 0 amide bonds. The molecule has 1 aliphatic rings. The summed E-state index contributed by atoms with van der Waals surface area (Å²) in [5.41, 5.74) is 0. The highest BCUT2D eigenvalue weighted by molar-refractivity contribution is 7.99. The fraction of sp³-hybridized carbons (Fsp3) is 0.857. The SMILES string of the molecule is CCC(C)Sc1nnc(N2CCOCC2)n1CC(C)C. The molecule has 0 saturated carbocycles. The van der Waals surface area contributed by atoms with Gasteiger partial charge in [-0.2, -0.15) is 0 Å². The lowest BCUT2D eigenvalue weighted by atomic mass is 10.2. The van der Waals surface area contributed by atoms with Crippen LogP contribution < -0.4 is 4.90 Å². The molecule has 0 aromatic carbocycles. The summed E-state index contributed by atoms with van der Waals surface area (Å²) in [6, 6.07) is 0. The molecule has 1 atom stereocenters. The molecular weight excluding hydrogens is 272 g/mol. The summed E-state index contributed by atoms with van der Waals surface area (Å²) in [7, 11) is 0. The normalized spacial score (nSPS) is 17.8. The van der Waals surface area contributed by atoms with Gasteiger partial charge in [-0.25, -0.2) is 0 Å². The van der Waals surface area contributed by atoms with Crippen LogP contribution in [0.1, 0.15) is 34.1 Å². The zero-order valence-corrected chi connectivity index (χ0v) is 13.8. The molecule has 0 radical (unpaired) electrons. The van der Waals surface area contributed by atoms with Gasteiger partial charge in [-0.15, -0.1) is 10.2 Å². The molecule has 0 aliphatic carbocycles. The number of thioether (sulfide) groups is 1. The number of nitrogens with zero attached hydrogens (tertiary/aromatic N) is 4. The van der Waals surface area contributed by atoms with E-state index in [-0.39, 0.29) is 0 Å². The van der Waals surface area contributed by atoms with Gasteiger partial charge in [-0.1, -0.05) is 39.5 Å². The van der Waals surface area contributed by atoms with Crippen LogP contribution in [0.4, 0.5) is 5.95 Å². The highest BCUT2D eigenvalue weighted by atomic mass is 32.2. The molecule has 0 bridgehead atoms. The van der Waals surface area contributed by atoms with Crippen LogP contribution in [-0.2, 0) is 11.3 Å². The predicted molar refractivity (Wildman–Crippen MR) is 83.5 cm³/mol. The molecule has 1 aromatic rings. The van der Waals surface area contributed by atoms with Gasteiger partial charge in [0, 0.05) is 24.9 Å². The van der Waals surface area contributed by atoms with E-state index in [1.807, 2.05) is 11.8 Å². The zero-order chi connectivity index (χ0) is 14.5. The first-order chi connectivity index (χ1) is 9.61. The van der Waals surface area contributed by atoms with Crippen molar-refractivity contribution in [2.45, 2.75) is 51.1 Å². The van der Waals surface area contributed by atoms with Gasteiger partial charge in [0.1, 0.15) is 0 Å². The Kier molecular flexibility index (Phi) is 5.72. The standard InChI is InChI=1S/C14H26N4OS/c1-5-12(4)20-14-16-15-13(18(14)10-11(2)3)17-6-8-19-9-7-17/h11-12H,5-10H2,1-4H3. The number of hydrogen-bond donors (Lipinski definition) is 0. The fourth-order valence-electron chi connectivity index (χ4n) is 2.15. The smallest absolute Gasteiger partial charge is 0.228 e. The van der Waals surface area contributed by atoms with Crippen molar-refractivity contribution in [2.75, 3.05) is 31.2 Å². The summed E-state index contributed by atoms with van der Waals surface area (Å²) in [6.07, 6.45) is 1.14. The third-order valence-electron chi connectivity index (χ3n) is 3.42. The summed E-state index contributed by atoms with van der Waals surface area (Å²) >= 11 is 1.83. The third-order valence-corrected chi connectivity index (χ3v) is 4.67. The quantitative estimate of drug-likeness (QED) is 0.755. The molecule has 20 heavy (non-hydrogen) atoms. The monoisotopic (exact) mass is 298 g/mol. The van der Waals surface area contributed by atoms with Crippen molar-refractivity contribution in [3.8, 4) is 0 Å². The van der Waals surface area contributed by atoms with E-state index in [0.717, 1.165) is 50.4 Å². The highest BCUT2D eigenvalue weighted by Gasteiger charge is 2.21. The summed E-state index contributed by atoms with van der Waals surface area (Å²) in [5.74, 6) is 1.59. The van der Waals surface area contributed by atoms with E-state index in [1.54, 1.807) is 0 Å². The van der Waals surface area contributed by atoms with Crippen LogP contribution in [0.3, 0.4) is 0 Å². The van der Waals surface area contributed by atoms with Crippen LogP contribution in [0.25, 0.3) is 0 Å². The van der Waals surface area contributed by atoms with E-state index in [9.17, 15) is 0 Å². The average Bonchev–Trinajstić information content (AvgIpc) is 2.82. The molecule has 2 rings (SSSR count). The lowest BCUT2D eigenvalue weighted by molar-refractivity contribution is 0.121. The molecule has 0 spiro atoms. The van der Waals surface area contributed by atoms with Gasteiger partial charge in [0.15, 0.2) is 5.16 Å². The Morgan fingerprint density at radius 3 is 2.50 bits per heavy atom. The second-order valence-corrected chi connectivity index (χ2v) is 7.13. The van der Waals surface area contributed by atoms with Gasteiger partial charge in [0.05, 0.1) is 13.2 Å². The van der Waals surface area contributed by atoms with Gasteiger partial charge in [0.2, 0.25) is 5.95 Å². The van der Waals surface area contributed by atoms with Crippen LogP contribution in [0.2, 0.25) is 0 Å². The topological polar surface area (TPSA) is 43.2 Å². The second kappa shape index (κ2) is 7.31. The molecule has 1 aromatic heterocycles. The van der Waals surface area contributed by atoms with Crippen molar-refractivity contribution in [3.63, 3.8) is 0 Å². The van der Waals surface area contributed by atoms with Gasteiger partial charge >= 0.3 is 0 Å². The van der Waals surface area contributed by atoms with Crippen molar-refractivity contribution >= 4 is 17.7 Å². The lowest BCUT2D eigenvalue weighted by Gasteiger charge is -2.28. The Morgan fingerprint density at radius 1 is 1.20 bits per heavy atom. The molecule has 1 saturated heterocycles. The van der Waals surface area contributed by atoms with Crippen LogP contribution in [-0.4, -0.2) is 46.3 Å². The van der Waals surface area contributed by atoms with Gasteiger partial charge < -0.3 is 9.64 Å². The van der Waals surface area contributed by atoms with Crippen molar-refractivity contribution < 1.29 is 4.74 Å². The number of morpholine rings is 1. The number of rotatable bonds is 6. The minimum atomic E-state index is 0.572. The van der Waals surface area contributed by atoms with E-state index < -0.39 is 0 Å². The number of aromatic nitrogens is 3. The molecule has 2 heterocycles. The molecule has 1 unspecified atom stereocenters. The molecule has 1 fully saturated rings. The maximum absolute atomic E-state index is 5.43. The summed E-state index contributed by atoms with van der Waals surface area (Å²) < 4.78 is 7.71. The van der Waals surface area contributed by atoms with E-state index in [2.05, 4.69) is 47.4 Å². The van der Waals surface area contributed by atoms with E-state index in [1.165, 1.54) is 0 Å². The Labute approximate surface area is 126 Å². The molecule has 0 N–H and O–H groups in total. The Bertz CT molecular complexity index is 415. The summed E-state index contributed by atoms with van der Waals surface area (Å²) in [4.78, 5) is 2.29. The molecular formula is C14H26N4OS. The van der Waals surface area contributed by atoms with Gasteiger partial charge in [-0.3, -0.25) is 4.57 Å². The lowest BCUT2D eigenvalue weighted by Crippen LogP contribution is -2.38. The van der Waals surface area contributed by atoms with E-state index in [0.29, 0.717) is 11.2 Å². The second-order valence-electron chi connectivity index (χ2n) is 5.72. The minimum absolute atomic E-state index is 0.572. The average molecular weight is 298 g/mol. The first kappa shape index (κ1) is 15.6. The summed E-state index contributed by atoms with van der Waals surface area (Å²) in [6.45, 7) is 13.3. The van der Waals surface area contributed by atoms with Crippen LogP contribution in [0, 0.1) is 5.92 Å².